The molecule has 0 saturated heterocycles. The van der Waals surface area contributed by atoms with Gasteiger partial charge in [-0.15, -0.1) is 0 Å². The van der Waals surface area contributed by atoms with Crippen molar-refractivity contribution in [2.75, 3.05) is 4.72 Å². The van der Waals surface area contributed by atoms with Crippen molar-refractivity contribution < 1.29 is 26.7 Å². The van der Waals surface area contributed by atoms with Gasteiger partial charge in [-0.25, -0.2) is 8.42 Å². The number of sulfonamides is 1. The van der Waals surface area contributed by atoms with Crippen molar-refractivity contribution in [2.45, 2.75) is 31.9 Å². The molecule has 3 rings (SSSR count). The Morgan fingerprint density at radius 3 is 2.44 bits per heavy atom. The highest BCUT2D eigenvalue weighted by atomic mass is 32.2. The lowest BCUT2D eigenvalue weighted by atomic mass is 10.1. The number of amides is 1. The van der Waals surface area contributed by atoms with Crippen LogP contribution < -0.4 is 14.8 Å². The van der Waals surface area contributed by atoms with Crippen LogP contribution in [0.25, 0.3) is 0 Å². The number of nitrogens with one attached hydrogen (secondary N) is 2. The lowest BCUT2D eigenvalue weighted by Crippen LogP contribution is -2.24. The molecular formula is C23H22F2N2O4S. The fourth-order valence-electron chi connectivity index (χ4n) is 3.01. The summed E-state index contributed by atoms with van der Waals surface area (Å²) >= 11 is 0. The van der Waals surface area contributed by atoms with E-state index in [1.807, 2.05) is 0 Å². The average Bonchev–Trinajstić information content (AvgIpc) is 2.73. The van der Waals surface area contributed by atoms with E-state index in [0.29, 0.717) is 16.8 Å². The van der Waals surface area contributed by atoms with Crippen molar-refractivity contribution in [2.24, 2.45) is 0 Å². The first kappa shape index (κ1) is 23.2. The van der Waals surface area contributed by atoms with Crippen LogP contribution in [0.2, 0.25) is 0 Å². The number of aryl methyl sites for hydroxylation is 2. The molecule has 9 heteroatoms. The standard InChI is InChI=1S/C23H22F2N2O4S/c1-15-10-11-19(32(29,30)27-21-9-4-3-6-16(21)2)13-20(15)22(28)26-14-17-7-5-8-18(12-17)31-23(24)25/h3-13,23,27H,14H2,1-2H3,(H,26,28). The molecule has 0 bridgehead atoms. The second-order valence-corrected chi connectivity index (χ2v) is 8.79. The Hall–Kier alpha value is -3.46. The van der Waals surface area contributed by atoms with E-state index in [4.69, 9.17) is 0 Å². The van der Waals surface area contributed by atoms with Gasteiger partial charge in [-0.3, -0.25) is 9.52 Å². The molecule has 0 aliphatic carbocycles. The third-order valence-corrected chi connectivity index (χ3v) is 6.09. The Labute approximate surface area is 185 Å². The summed E-state index contributed by atoms with van der Waals surface area (Å²) in [6, 6.07) is 17.2. The Kier molecular flexibility index (Phi) is 7.09. The van der Waals surface area contributed by atoms with Gasteiger partial charge in [0.05, 0.1) is 10.6 Å². The van der Waals surface area contributed by atoms with Crippen molar-refractivity contribution in [3.63, 3.8) is 0 Å². The van der Waals surface area contributed by atoms with Crippen LogP contribution in [-0.4, -0.2) is 20.9 Å². The first-order chi connectivity index (χ1) is 15.2. The second-order valence-electron chi connectivity index (χ2n) is 7.11. The van der Waals surface area contributed by atoms with Crippen LogP contribution in [0.5, 0.6) is 5.75 Å². The van der Waals surface area contributed by atoms with E-state index in [1.54, 1.807) is 50.2 Å². The Morgan fingerprint density at radius 1 is 0.969 bits per heavy atom. The molecule has 2 N–H and O–H groups in total. The molecule has 1 amide bonds. The number of hydrogen-bond acceptors (Lipinski definition) is 4. The molecule has 0 unspecified atom stereocenters. The molecule has 0 saturated carbocycles. The largest absolute Gasteiger partial charge is 0.435 e. The van der Waals surface area contributed by atoms with Crippen molar-refractivity contribution in [1.82, 2.24) is 5.32 Å². The third-order valence-electron chi connectivity index (χ3n) is 4.73. The van der Waals surface area contributed by atoms with E-state index in [2.05, 4.69) is 14.8 Å². The van der Waals surface area contributed by atoms with Gasteiger partial charge in [-0.1, -0.05) is 36.4 Å². The summed E-state index contributed by atoms with van der Waals surface area (Å²) < 4.78 is 57.3. The number of halogens is 2. The maximum absolute atomic E-state index is 12.8. The van der Waals surface area contributed by atoms with Gasteiger partial charge in [0.25, 0.3) is 15.9 Å². The van der Waals surface area contributed by atoms with Gasteiger partial charge in [-0.05, 0) is 60.9 Å². The van der Waals surface area contributed by atoms with Gasteiger partial charge >= 0.3 is 6.61 Å². The van der Waals surface area contributed by atoms with Crippen LogP contribution in [-0.2, 0) is 16.6 Å². The van der Waals surface area contributed by atoms with Gasteiger partial charge in [0.1, 0.15) is 5.75 Å². The third kappa shape index (κ3) is 5.82. The van der Waals surface area contributed by atoms with Crippen LogP contribution in [0.1, 0.15) is 27.0 Å². The zero-order valence-corrected chi connectivity index (χ0v) is 18.2. The summed E-state index contributed by atoms with van der Waals surface area (Å²) in [7, 11) is -3.91. The first-order valence-corrected chi connectivity index (χ1v) is 11.1. The molecule has 32 heavy (non-hydrogen) atoms. The van der Waals surface area contributed by atoms with Crippen LogP contribution in [0.4, 0.5) is 14.5 Å². The quantitative estimate of drug-likeness (QED) is 0.513. The van der Waals surface area contributed by atoms with E-state index in [-0.39, 0.29) is 22.8 Å². The molecule has 0 aliphatic heterocycles. The second kappa shape index (κ2) is 9.78. The summed E-state index contributed by atoms with van der Waals surface area (Å²) in [5.41, 5.74) is 2.55. The number of alkyl halides is 2. The molecule has 168 valence electrons. The molecule has 0 spiro atoms. The fourth-order valence-corrected chi connectivity index (χ4v) is 4.17. The monoisotopic (exact) mass is 460 g/mol. The summed E-state index contributed by atoms with van der Waals surface area (Å²) in [5.74, 6) is -0.506. The van der Waals surface area contributed by atoms with Gasteiger partial charge < -0.3 is 10.1 Å². The Bertz CT molecular complexity index is 1230. The van der Waals surface area contributed by atoms with Gasteiger partial charge in [0, 0.05) is 12.1 Å². The number of ether oxygens (including phenoxy) is 1. The summed E-state index contributed by atoms with van der Waals surface area (Å²) in [4.78, 5) is 12.7. The SMILES string of the molecule is Cc1ccccc1NS(=O)(=O)c1ccc(C)c(C(=O)NCc2cccc(OC(F)F)c2)c1. The normalized spacial score (nSPS) is 11.3. The molecule has 3 aromatic rings. The zero-order chi connectivity index (χ0) is 23.3. The van der Waals surface area contributed by atoms with E-state index in [1.165, 1.54) is 30.3 Å². The molecule has 6 nitrogen and oxygen atoms in total. The van der Waals surface area contributed by atoms with Gasteiger partial charge in [0.15, 0.2) is 0 Å². The van der Waals surface area contributed by atoms with Crippen LogP contribution in [0.15, 0.2) is 71.6 Å². The zero-order valence-electron chi connectivity index (χ0n) is 17.4. The van der Waals surface area contributed by atoms with Gasteiger partial charge in [0.2, 0.25) is 0 Å². The predicted octanol–water partition coefficient (Wildman–Crippen LogP) is 4.64. The first-order valence-electron chi connectivity index (χ1n) is 9.67. The molecule has 0 heterocycles. The number of carbonyl (C=O) groups excluding carboxylic acids is 1. The molecule has 3 aromatic carbocycles. The number of hydrogen-bond donors (Lipinski definition) is 2. The van der Waals surface area contributed by atoms with E-state index >= 15 is 0 Å². The number of para-hydroxylation sites is 1. The topological polar surface area (TPSA) is 84.5 Å². The minimum Gasteiger partial charge on any atom is -0.435 e. The van der Waals surface area contributed by atoms with Crippen LogP contribution >= 0.6 is 0 Å². The minimum absolute atomic E-state index is 0.0155. The number of anilines is 1. The van der Waals surface area contributed by atoms with Crippen molar-refractivity contribution in [3.8, 4) is 5.75 Å². The average molecular weight is 461 g/mol. The lowest BCUT2D eigenvalue weighted by molar-refractivity contribution is -0.0498. The molecule has 0 radical (unpaired) electrons. The van der Waals surface area contributed by atoms with E-state index < -0.39 is 22.5 Å². The summed E-state index contributed by atoms with van der Waals surface area (Å²) in [6.45, 7) is 0.585. The summed E-state index contributed by atoms with van der Waals surface area (Å²) in [5, 5.41) is 2.68. The predicted molar refractivity (Wildman–Crippen MR) is 117 cm³/mol. The Balaban J connectivity index is 1.76. The molecule has 0 aliphatic rings. The molecule has 0 atom stereocenters. The molecule has 0 fully saturated rings. The highest BCUT2D eigenvalue weighted by Crippen LogP contribution is 2.22. The summed E-state index contributed by atoms with van der Waals surface area (Å²) in [6.07, 6.45) is 0. The maximum atomic E-state index is 12.8. The van der Waals surface area contributed by atoms with Crippen molar-refractivity contribution >= 4 is 21.6 Å². The Morgan fingerprint density at radius 2 is 1.72 bits per heavy atom. The molecule has 0 aromatic heterocycles. The van der Waals surface area contributed by atoms with Crippen molar-refractivity contribution in [1.29, 1.82) is 0 Å². The molecular weight excluding hydrogens is 438 g/mol. The minimum atomic E-state index is -3.91. The fraction of sp³-hybridized carbons (Fsp3) is 0.174. The van der Waals surface area contributed by atoms with E-state index in [0.717, 1.165) is 5.56 Å². The highest BCUT2D eigenvalue weighted by molar-refractivity contribution is 7.92. The van der Waals surface area contributed by atoms with Crippen LogP contribution in [0.3, 0.4) is 0 Å². The van der Waals surface area contributed by atoms with Gasteiger partial charge in [-0.2, -0.15) is 8.78 Å². The smallest absolute Gasteiger partial charge is 0.387 e. The maximum Gasteiger partial charge on any atom is 0.387 e. The number of rotatable bonds is 8. The van der Waals surface area contributed by atoms with Crippen LogP contribution in [0, 0.1) is 13.8 Å². The highest BCUT2D eigenvalue weighted by Gasteiger charge is 2.19. The number of benzene rings is 3. The van der Waals surface area contributed by atoms with Crippen molar-refractivity contribution in [3.05, 3.63) is 89.0 Å². The lowest BCUT2D eigenvalue weighted by Gasteiger charge is -2.13. The number of carbonyl (C=O) groups is 1. The van der Waals surface area contributed by atoms with E-state index in [9.17, 15) is 22.0 Å².